The average Bonchev–Trinajstić information content (AvgIpc) is 2.56. The molecule has 0 aromatic heterocycles. The van der Waals surface area contributed by atoms with E-state index in [1.807, 2.05) is 6.92 Å². The molecule has 1 aliphatic heterocycles. The Morgan fingerprint density at radius 1 is 1.26 bits per heavy atom. The van der Waals surface area contributed by atoms with Crippen LogP contribution in [0.25, 0.3) is 0 Å². The topological polar surface area (TPSA) is 86.7 Å². The number of rotatable bonds is 7. The first-order valence-electron chi connectivity index (χ1n) is 6.95. The van der Waals surface area contributed by atoms with Crippen molar-refractivity contribution in [1.82, 2.24) is 9.03 Å². The lowest BCUT2D eigenvalue weighted by atomic mass is 10.1. The SMILES string of the molecule is CCCC(CC(=O)O)NS(=O)(=O)N1CCCCCC1. The minimum atomic E-state index is -3.55. The standard InChI is InChI=1S/C12H24N2O4S/c1-2-7-11(10-12(15)16)13-19(17,18)14-8-5-3-4-6-9-14/h11,13H,2-10H2,1H3,(H,15,16). The smallest absolute Gasteiger partial charge is 0.304 e. The minimum absolute atomic E-state index is 0.166. The van der Waals surface area contributed by atoms with Crippen molar-refractivity contribution in [3.63, 3.8) is 0 Å². The molecule has 7 heteroatoms. The monoisotopic (exact) mass is 292 g/mol. The quantitative estimate of drug-likeness (QED) is 0.741. The van der Waals surface area contributed by atoms with Gasteiger partial charge in [-0.15, -0.1) is 0 Å². The third kappa shape index (κ3) is 5.88. The fourth-order valence-electron chi connectivity index (χ4n) is 2.33. The maximum absolute atomic E-state index is 12.2. The van der Waals surface area contributed by atoms with E-state index in [0.717, 1.165) is 32.1 Å². The van der Waals surface area contributed by atoms with Crippen molar-refractivity contribution >= 4 is 16.2 Å². The summed E-state index contributed by atoms with van der Waals surface area (Å²) in [6.07, 6.45) is 4.98. The first kappa shape index (κ1) is 16.4. The van der Waals surface area contributed by atoms with Gasteiger partial charge < -0.3 is 5.11 Å². The lowest BCUT2D eigenvalue weighted by Crippen LogP contribution is -2.46. The highest BCUT2D eigenvalue weighted by molar-refractivity contribution is 7.87. The molecule has 1 aliphatic rings. The van der Waals surface area contributed by atoms with Gasteiger partial charge in [-0.25, -0.2) is 0 Å². The molecule has 0 aromatic rings. The molecule has 6 nitrogen and oxygen atoms in total. The molecule has 112 valence electrons. The molecule has 1 heterocycles. The van der Waals surface area contributed by atoms with E-state index in [1.165, 1.54) is 4.31 Å². The van der Waals surface area contributed by atoms with Gasteiger partial charge in [0.05, 0.1) is 6.42 Å². The fraction of sp³-hybridized carbons (Fsp3) is 0.917. The van der Waals surface area contributed by atoms with Crippen LogP contribution in [0.15, 0.2) is 0 Å². The summed E-state index contributed by atoms with van der Waals surface area (Å²) >= 11 is 0. The molecule has 2 N–H and O–H groups in total. The first-order chi connectivity index (χ1) is 8.95. The molecule has 0 saturated carbocycles. The molecule has 1 rings (SSSR count). The van der Waals surface area contributed by atoms with Crippen molar-refractivity contribution in [2.24, 2.45) is 0 Å². The predicted molar refractivity (Wildman–Crippen MR) is 73.0 cm³/mol. The molecule has 0 amide bonds. The van der Waals surface area contributed by atoms with Gasteiger partial charge in [0.25, 0.3) is 10.2 Å². The van der Waals surface area contributed by atoms with Crippen LogP contribution < -0.4 is 4.72 Å². The molecule has 0 aromatic carbocycles. The predicted octanol–water partition coefficient (Wildman–Crippen LogP) is 1.34. The van der Waals surface area contributed by atoms with E-state index in [4.69, 9.17) is 5.11 Å². The van der Waals surface area contributed by atoms with E-state index in [0.29, 0.717) is 19.5 Å². The van der Waals surface area contributed by atoms with Crippen molar-refractivity contribution in [3.05, 3.63) is 0 Å². The van der Waals surface area contributed by atoms with Gasteiger partial charge in [0.15, 0.2) is 0 Å². The largest absolute Gasteiger partial charge is 0.481 e. The zero-order chi connectivity index (χ0) is 14.3. The third-order valence-corrected chi connectivity index (χ3v) is 4.95. The maximum Gasteiger partial charge on any atom is 0.304 e. The summed E-state index contributed by atoms with van der Waals surface area (Å²) in [5.41, 5.74) is 0. The summed E-state index contributed by atoms with van der Waals surface area (Å²) in [6, 6.07) is -0.518. The third-order valence-electron chi connectivity index (χ3n) is 3.28. The molecule has 19 heavy (non-hydrogen) atoms. The molecule has 1 fully saturated rings. The zero-order valence-electron chi connectivity index (χ0n) is 11.5. The highest BCUT2D eigenvalue weighted by Crippen LogP contribution is 2.14. The van der Waals surface area contributed by atoms with Crippen molar-refractivity contribution < 1.29 is 18.3 Å². The Kier molecular flexibility index (Phi) is 6.74. The number of hydrogen-bond donors (Lipinski definition) is 2. The second-order valence-electron chi connectivity index (χ2n) is 5.02. The van der Waals surface area contributed by atoms with Crippen LogP contribution in [0.3, 0.4) is 0 Å². The van der Waals surface area contributed by atoms with E-state index in [2.05, 4.69) is 4.72 Å². The highest BCUT2D eigenvalue weighted by Gasteiger charge is 2.26. The zero-order valence-corrected chi connectivity index (χ0v) is 12.3. The van der Waals surface area contributed by atoms with Gasteiger partial charge in [0, 0.05) is 19.1 Å². The van der Waals surface area contributed by atoms with Crippen molar-refractivity contribution in [1.29, 1.82) is 0 Å². The number of carboxylic acid groups (broad SMARTS) is 1. The number of aliphatic carboxylic acids is 1. The molecule has 1 saturated heterocycles. The van der Waals surface area contributed by atoms with Gasteiger partial charge in [-0.1, -0.05) is 26.2 Å². The first-order valence-corrected chi connectivity index (χ1v) is 8.39. The number of carbonyl (C=O) groups is 1. The van der Waals surface area contributed by atoms with Crippen LogP contribution >= 0.6 is 0 Å². The second kappa shape index (κ2) is 7.81. The van der Waals surface area contributed by atoms with Crippen LogP contribution in [0, 0.1) is 0 Å². The maximum atomic E-state index is 12.2. The lowest BCUT2D eigenvalue weighted by Gasteiger charge is -2.24. The van der Waals surface area contributed by atoms with Gasteiger partial charge in [-0.05, 0) is 19.3 Å². The molecule has 0 bridgehead atoms. The van der Waals surface area contributed by atoms with Crippen LogP contribution in [0.4, 0.5) is 0 Å². The fourth-order valence-corrected chi connectivity index (χ4v) is 3.84. The van der Waals surface area contributed by atoms with Gasteiger partial charge in [0.2, 0.25) is 0 Å². The average molecular weight is 292 g/mol. The number of hydrogen-bond acceptors (Lipinski definition) is 3. The van der Waals surface area contributed by atoms with Crippen molar-refractivity contribution in [3.8, 4) is 0 Å². The van der Waals surface area contributed by atoms with Gasteiger partial charge in [0.1, 0.15) is 0 Å². The van der Waals surface area contributed by atoms with Crippen LogP contribution in [0.1, 0.15) is 51.9 Å². The van der Waals surface area contributed by atoms with Gasteiger partial charge >= 0.3 is 5.97 Å². The Labute approximate surface area is 115 Å². The summed E-state index contributed by atoms with van der Waals surface area (Å²) in [7, 11) is -3.55. The van der Waals surface area contributed by atoms with Gasteiger partial charge in [-0.3, -0.25) is 4.79 Å². The summed E-state index contributed by atoms with van der Waals surface area (Å²) in [5.74, 6) is -0.975. The summed E-state index contributed by atoms with van der Waals surface area (Å²) < 4.78 is 28.4. The van der Waals surface area contributed by atoms with Crippen molar-refractivity contribution in [2.75, 3.05) is 13.1 Å². The number of carboxylic acids is 1. The van der Waals surface area contributed by atoms with E-state index in [-0.39, 0.29) is 6.42 Å². The Morgan fingerprint density at radius 3 is 2.32 bits per heavy atom. The Bertz CT molecular complexity index is 375. The van der Waals surface area contributed by atoms with E-state index < -0.39 is 22.2 Å². The minimum Gasteiger partial charge on any atom is -0.481 e. The second-order valence-corrected chi connectivity index (χ2v) is 6.72. The highest BCUT2D eigenvalue weighted by atomic mass is 32.2. The van der Waals surface area contributed by atoms with Gasteiger partial charge in [-0.2, -0.15) is 17.4 Å². The number of nitrogens with zero attached hydrogens (tertiary/aromatic N) is 1. The lowest BCUT2D eigenvalue weighted by molar-refractivity contribution is -0.137. The summed E-state index contributed by atoms with van der Waals surface area (Å²) in [5, 5.41) is 8.81. The van der Waals surface area contributed by atoms with Crippen LogP contribution in [0.2, 0.25) is 0 Å². The van der Waals surface area contributed by atoms with E-state index in [9.17, 15) is 13.2 Å². The molecule has 0 radical (unpaired) electrons. The van der Waals surface area contributed by atoms with Crippen LogP contribution in [-0.2, 0) is 15.0 Å². The Balaban J connectivity index is 2.65. The van der Waals surface area contributed by atoms with E-state index in [1.54, 1.807) is 0 Å². The Morgan fingerprint density at radius 2 is 1.84 bits per heavy atom. The Hall–Kier alpha value is -0.660. The van der Waals surface area contributed by atoms with Crippen LogP contribution in [0.5, 0.6) is 0 Å². The molecule has 1 atom stereocenters. The van der Waals surface area contributed by atoms with Crippen LogP contribution in [-0.4, -0.2) is 42.9 Å². The molecular weight excluding hydrogens is 268 g/mol. The van der Waals surface area contributed by atoms with E-state index >= 15 is 0 Å². The normalized spacial score (nSPS) is 19.8. The number of nitrogens with one attached hydrogen (secondary N) is 1. The summed E-state index contributed by atoms with van der Waals surface area (Å²) in [4.78, 5) is 10.8. The summed E-state index contributed by atoms with van der Waals surface area (Å²) in [6.45, 7) is 2.97. The molecule has 0 aliphatic carbocycles. The molecule has 1 unspecified atom stereocenters. The van der Waals surface area contributed by atoms with Crippen molar-refractivity contribution in [2.45, 2.75) is 57.9 Å². The molecular formula is C12H24N2O4S. The molecule has 0 spiro atoms.